The van der Waals surface area contributed by atoms with E-state index in [4.69, 9.17) is 4.74 Å². The molecule has 0 spiro atoms. The van der Waals surface area contributed by atoms with Crippen LogP contribution in [0.1, 0.15) is 41.5 Å². The van der Waals surface area contributed by atoms with Crippen LogP contribution < -0.4 is 0 Å². The van der Waals surface area contributed by atoms with Gasteiger partial charge in [-0.3, -0.25) is 4.90 Å². The number of halogens is 1. The molecule has 2 aliphatic carbocycles. The molecule has 3 aromatic carbocycles. The fourth-order valence-corrected chi connectivity index (χ4v) is 5.49. The Kier molecular flexibility index (Phi) is 5.16. The third-order valence-corrected chi connectivity index (χ3v) is 6.99. The highest BCUT2D eigenvalue weighted by Gasteiger charge is 2.53. The first-order valence-corrected chi connectivity index (χ1v) is 11.1. The molecular weight excluding hydrogens is 421 g/mol. The third kappa shape index (κ3) is 3.12. The molecule has 5 rings (SSSR count). The van der Waals surface area contributed by atoms with Crippen molar-refractivity contribution in [1.29, 1.82) is 0 Å². The molecule has 0 saturated carbocycles. The Morgan fingerprint density at radius 1 is 1.03 bits per heavy atom. The van der Waals surface area contributed by atoms with Gasteiger partial charge in [-0.05, 0) is 59.2 Å². The van der Waals surface area contributed by atoms with Gasteiger partial charge in [0.2, 0.25) is 0 Å². The van der Waals surface area contributed by atoms with E-state index in [-0.39, 0.29) is 31.9 Å². The molecule has 0 bridgehead atoms. The van der Waals surface area contributed by atoms with Gasteiger partial charge in [-0.1, -0.05) is 60.7 Å². The highest BCUT2D eigenvalue weighted by Crippen LogP contribution is 2.46. The fourth-order valence-electron chi connectivity index (χ4n) is 5.49. The first-order chi connectivity index (χ1) is 16.0. The van der Waals surface area contributed by atoms with Crippen LogP contribution in [0.2, 0.25) is 0 Å². The van der Waals surface area contributed by atoms with E-state index in [1.807, 2.05) is 36.4 Å². The van der Waals surface area contributed by atoms with Crippen molar-refractivity contribution in [2.75, 3.05) is 13.2 Å². The van der Waals surface area contributed by atoms with Crippen molar-refractivity contribution in [3.63, 3.8) is 0 Å². The van der Waals surface area contributed by atoms with Gasteiger partial charge in [0, 0.05) is 12.5 Å². The lowest BCUT2D eigenvalue weighted by Crippen LogP contribution is -2.53. The van der Waals surface area contributed by atoms with Gasteiger partial charge in [-0.2, -0.15) is 0 Å². The maximum Gasteiger partial charge on any atom is 0.411 e. The SMILES string of the molecule is CCN(C(=O)OCC1c2ccccc2-c2ccccc21)C1(C(=O)O)CCc2c(F)cccc21. The highest BCUT2D eigenvalue weighted by molar-refractivity contribution is 5.87. The summed E-state index contributed by atoms with van der Waals surface area (Å²) in [6.07, 6.45) is -0.350. The van der Waals surface area contributed by atoms with Gasteiger partial charge in [-0.25, -0.2) is 14.0 Å². The third-order valence-electron chi connectivity index (χ3n) is 6.99. The molecule has 1 amide bonds. The summed E-state index contributed by atoms with van der Waals surface area (Å²) in [6, 6.07) is 20.5. The average molecular weight is 445 g/mol. The van der Waals surface area contributed by atoms with Gasteiger partial charge in [0.25, 0.3) is 0 Å². The zero-order valence-corrected chi connectivity index (χ0v) is 18.3. The monoisotopic (exact) mass is 445 g/mol. The first kappa shape index (κ1) is 21.2. The molecule has 168 valence electrons. The molecule has 2 aliphatic rings. The quantitative estimate of drug-likeness (QED) is 0.577. The minimum atomic E-state index is -1.64. The van der Waals surface area contributed by atoms with Crippen LogP contribution in [0.3, 0.4) is 0 Å². The Hall–Kier alpha value is -3.67. The number of ether oxygens (including phenoxy) is 1. The standard InChI is InChI=1S/C27H24FNO4/c1-2-29(27(25(30)31)15-14-21-23(27)12-7-13-24(21)28)26(32)33-16-22-19-10-5-3-8-17(19)18-9-4-6-11-20(18)22/h3-13,22H,2,14-16H2,1H3,(H,30,31). The molecule has 0 radical (unpaired) electrons. The van der Waals surface area contributed by atoms with Crippen molar-refractivity contribution >= 4 is 12.1 Å². The Labute approximate surface area is 191 Å². The summed E-state index contributed by atoms with van der Waals surface area (Å²) in [4.78, 5) is 27.0. The predicted molar refractivity (Wildman–Crippen MR) is 121 cm³/mol. The maximum atomic E-state index is 14.4. The fraction of sp³-hybridized carbons (Fsp3) is 0.259. The molecule has 1 unspecified atom stereocenters. The molecule has 5 nitrogen and oxygen atoms in total. The summed E-state index contributed by atoms with van der Waals surface area (Å²) in [7, 11) is 0. The van der Waals surface area contributed by atoms with E-state index < -0.39 is 23.4 Å². The second-order valence-electron chi connectivity index (χ2n) is 8.48. The first-order valence-electron chi connectivity index (χ1n) is 11.1. The van der Waals surface area contributed by atoms with E-state index in [0.717, 1.165) is 22.3 Å². The number of carbonyl (C=O) groups is 2. The zero-order valence-electron chi connectivity index (χ0n) is 18.3. The Morgan fingerprint density at radius 3 is 2.27 bits per heavy atom. The summed E-state index contributed by atoms with van der Waals surface area (Å²) >= 11 is 0. The number of carboxylic acid groups (broad SMARTS) is 1. The molecule has 1 N–H and O–H groups in total. The zero-order chi connectivity index (χ0) is 23.2. The second kappa shape index (κ2) is 8.03. The van der Waals surface area contributed by atoms with E-state index in [1.165, 1.54) is 17.0 Å². The van der Waals surface area contributed by atoms with Crippen molar-refractivity contribution in [3.05, 3.63) is 94.8 Å². The number of amides is 1. The van der Waals surface area contributed by atoms with Crippen molar-refractivity contribution in [1.82, 2.24) is 4.90 Å². The van der Waals surface area contributed by atoms with Gasteiger partial charge < -0.3 is 9.84 Å². The molecule has 0 aromatic heterocycles. The lowest BCUT2D eigenvalue weighted by atomic mass is 9.89. The average Bonchev–Trinajstić information content (AvgIpc) is 3.37. The van der Waals surface area contributed by atoms with Gasteiger partial charge >= 0.3 is 12.1 Å². The van der Waals surface area contributed by atoms with Gasteiger partial charge in [0.15, 0.2) is 5.54 Å². The molecule has 1 atom stereocenters. The molecule has 0 aliphatic heterocycles. The van der Waals surface area contributed by atoms with E-state index in [1.54, 1.807) is 13.0 Å². The molecule has 33 heavy (non-hydrogen) atoms. The molecule has 3 aromatic rings. The molecule has 0 saturated heterocycles. The van der Waals surface area contributed by atoms with Crippen LogP contribution in [0.5, 0.6) is 0 Å². The lowest BCUT2D eigenvalue weighted by molar-refractivity contribution is -0.151. The normalized spacial score (nSPS) is 18.4. The summed E-state index contributed by atoms with van der Waals surface area (Å²) in [5.74, 6) is -1.75. The number of benzene rings is 3. The van der Waals surface area contributed by atoms with Crippen molar-refractivity contribution in [2.24, 2.45) is 0 Å². The lowest BCUT2D eigenvalue weighted by Gasteiger charge is -2.37. The van der Waals surface area contributed by atoms with Crippen LogP contribution >= 0.6 is 0 Å². The molecule has 6 heteroatoms. The smallest absolute Gasteiger partial charge is 0.411 e. The molecular formula is C27H24FNO4. The van der Waals surface area contributed by atoms with E-state index in [0.29, 0.717) is 11.1 Å². The number of carbonyl (C=O) groups excluding carboxylic acids is 1. The number of nitrogens with zero attached hydrogens (tertiary/aromatic N) is 1. The number of aliphatic carboxylic acids is 1. The Bertz CT molecular complexity index is 1210. The van der Waals surface area contributed by atoms with Crippen molar-refractivity contribution < 1.29 is 23.8 Å². The second-order valence-corrected chi connectivity index (χ2v) is 8.48. The molecule has 0 heterocycles. The van der Waals surface area contributed by atoms with Crippen LogP contribution in [-0.2, 0) is 21.5 Å². The minimum absolute atomic E-state index is 0.0923. The van der Waals surface area contributed by atoms with Crippen molar-refractivity contribution in [3.8, 4) is 11.1 Å². The van der Waals surface area contributed by atoms with Crippen LogP contribution in [-0.4, -0.2) is 35.2 Å². The Balaban J connectivity index is 1.44. The van der Waals surface area contributed by atoms with Crippen LogP contribution in [0, 0.1) is 5.82 Å². The van der Waals surface area contributed by atoms with Crippen LogP contribution in [0.4, 0.5) is 9.18 Å². The number of rotatable bonds is 5. The predicted octanol–water partition coefficient (Wildman–Crippen LogP) is 5.32. The topological polar surface area (TPSA) is 66.8 Å². The summed E-state index contributed by atoms with van der Waals surface area (Å²) < 4.78 is 20.1. The van der Waals surface area contributed by atoms with E-state index >= 15 is 0 Å². The summed E-state index contributed by atoms with van der Waals surface area (Å²) in [5.41, 5.74) is 3.42. The maximum absolute atomic E-state index is 14.4. The van der Waals surface area contributed by atoms with Crippen molar-refractivity contribution in [2.45, 2.75) is 31.2 Å². The number of fused-ring (bicyclic) bond motifs is 4. The summed E-state index contributed by atoms with van der Waals surface area (Å²) in [6.45, 7) is 1.93. The van der Waals surface area contributed by atoms with Crippen LogP contribution in [0.15, 0.2) is 66.7 Å². The number of hydrogen-bond donors (Lipinski definition) is 1. The van der Waals surface area contributed by atoms with Crippen LogP contribution in [0.25, 0.3) is 11.1 Å². The largest absolute Gasteiger partial charge is 0.479 e. The van der Waals surface area contributed by atoms with E-state index in [2.05, 4.69) is 12.1 Å². The highest BCUT2D eigenvalue weighted by atomic mass is 19.1. The van der Waals surface area contributed by atoms with Gasteiger partial charge in [0.1, 0.15) is 12.4 Å². The number of carboxylic acids is 1. The number of hydrogen-bond acceptors (Lipinski definition) is 3. The van der Waals surface area contributed by atoms with E-state index in [9.17, 15) is 19.1 Å². The molecule has 0 fully saturated rings. The Morgan fingerprint density at radius 2 is 1.67 bits per heavy atom. The van der Waals surface area contributed by atoms with Gasteiger partial charge in [-0.15, -0.1) is 0 Å². The summed E-state index contributed by atoms with van der Waals surface area (Å²) in [5, 5.41) is 10.2. The van der Waals surface area contributed by atoms with Gasteiger partial charge in [0.05, 0.1) is 0 Å². The number of likely N-dealkylation sites (N-methyl/N-ethyl adjacent to an activating group) is 1. The minimum Gasteiger partial charge on any atom is -0.479 e.